The molecular formula is C18H8F6N5O2S2-. The second-order valence-electron chi connectivity index (χ2n) is 6.40. The Balaban J connectivity index is 1.76. The van der Waals surface area contributed by atoms with E-state index in [-0.39, 0.29) is 38.2 Å². The van der Waals surface area contributed by atoms with Gasteiger partial charge in [-0.15, -0.1) is 0 Å². The topological polar surface area (TPSA) is 96.1 Å². The monoisotopic (exact) mass is 504 g/mol. The van der Waals surface area contributed by atoms with Crippen LogP contribution in [0.5, 0.6) is 0 Å². The number of imidazole rings is 1. The molecule has 4 rings (SSSR count). The van der Waals surface area contributed by atoms with Gasteiger partial charge in [-0.2, -0.15) is 26.3 Å². The van der Waals surface area contributed by atoms with Crippen molar-refractivity contribution in [2.45, 2.75) is 21.6 Å². The van der Waals surface area contributed by atoms with Gasteiger partial charge in [0, 0.05) is 42.0 Å². The van der Waals surface area contributed by atoms with Crippen LogP contribution in [0.3, 0.4) is 0 Å². The Morgan fingerprint density at radius 3 is 2.42 bits per heavy atom. The highest BCUT2D eigenvalue weighted by molar-refractivity contribution is 8.00. The molecule has 172 valence electrons. The molecule has 0 amide bonds. The molecule has 4 heterocycles. The van der Waals surface area contributed by atoms with Crippen molar-refractivity contribution < 1.29 is 35.1 Å². The van der Waals surface area contributed by atoms with E-state index in [4.69, 9.17) is 0 Å². The molecule has 1 unspecified atom stereocenters. The highest BCUT2D eigenvalue weighted by atomic mass is 32.2. The molecule has 0 radical (unpaired) electrons. The number of aromatic nitrogens is 5. The first-order valence-corrected chi connectivity index (χ1v) is 10.5. The van der Waals surface area contributed by atoms with Crippen molar-refractivity contribution in [2.75, 3.05) is 0 Å². The van der Waals surface area contributed by atoms with Crippen LogP contribution in [0.25, 0.3) is 28.3 Å². The number of alkyl halides is 6. The van der Waals surface area contributed by atoms with Crippen molar-refractivity contribution >= 4 is 28.5 Å². The summed E-state index contributed by atoms with van der Waals surface area (Å²) in [7, 11) is 0. The van der Waals surface area contributed by atoms with Gasteiger partial charge in [0.25, 0.3) is 0 Å². The number of hydrogen-bond donors (Lipinski definition) is 0. The van der Waals surface area contributed by atoms with Crippen molar-refractivity contribution in [2.24, 2.45) is 0 Å². The summed E-state index contributed by atoms with van der Waals surface area (Å²) < 4.78 is 102. The molecule has 4 aromatic heterocycles. The predicted octanol–water partition coefficient (Wildman–Crippen LogP) is 4.72. The normalized spacial score (nSPS) is 13.4. The molecule has 15 heteroatoms. The Bertz CT molecular complexity index is 1370. The summed E-state index contributed by atoms with van der Waals surface area (Å²) in [4.78, 5) is 15.2. The van der Waals surface area contributed by atoms with Crippen LogP contribution in [0.15, 0.2) is 59.1 Å². The molecule has 0 fully saturated rings. The molecule has 0 aromatic carbocycles. The lowest BCUT2D eigenvalue weighted by molar-refractivity contribution is -0.137. The van der Waals surface area contributed by atoms with Crippen LogP contribution in [0.2, 0.25) is 0 Å². The summed E-state index contributed by atoms with van der Waals surface area (Å²) in [5.74, 6) is 0. The Kier molecular flexibility index (Phi) is 5.88. The van der Waals surface area contributed by atoms with E-state index in [1.165, 1.54) is 10.6 Å². The lowest BCUT2D eigenvalue weighted by Crippen LogP contribution is -2.05. The Hall–Kier alpha value is -3.04. The standard InChI is InChI=1S/C18H9F6N5O2S2/c19-17(20,21)10-1-2-25-11(4-10)9-3-13(33(30)31)16(26-6-9)12-7-29-8-27-15(5-14(29)28-12)32-18(22,23)24/h1-8H,(H,30,31)/p-1. The van der Waals surface area contributed by atoms with E-state index in [0.717, 1.165) is 43.0 Å². The van der Waals surface area contributed by atoms with Gasteiger partial charge in [0.05, 0.1) is 16.2 Å². The number of hydrogen-bond acceptors (Lipinski definition) is 7. The number of fused-ring (bicyclic) bond motifs is 1. The van der Waals surface area contributed by atoms with E-state index in [1.54, 1.807) is 0 Å². The first-order valence-electron chi connectivity index (χ1n) is 8.64. The maximum Gasteiger partial charge on any atom is 0.447 e. The van der Waals surface area contributed by atoms with Gasteiger partial charge in [0.2, 0.25) is 0 Å². The van der Waals surface area contributed by atoms with Crippen molar-refractivity contribution in [3.05, 3.63) is 54.7 Å². The van der Waals surface area contributed by atoms with E-state index >= 15 is 0 Å². The Morgan fingerprint density at radius 2 is 1.76 bits per heavy atom. The fourth-order valence-corrected chi connectivity index (χ4v) is 3.87. The smallest absolute Gasteiger partial charge is 0.447 e. The summed E-state index contributed by atoms with van der Waals surface area (Å²) in [6.07, 6.45) is -0.171. The molecule has 4 aromatic rings. The third kappa shape index (κ3) is 5.15. The molecule has 0 saturated carbocycles. The quantitative estimate of drug-likeness (QED) is 0.172. The van der Waals surface area contributed by atoms with Crippen molar-refractivity contribution in [3.8, 4) is 22.6 Å². The second-order valence-corrected chi connectivity index (χ2v) is 8.39. The van der Waals surface area contributed by atoms with Gasteiger partial charge in [0.1, 0.15) is 28.4 Å². The van der Waals surface area contributed by atoms with Crippen LogP contribution in [-0.4, -0.2) is 38.6 Å². The summed E-state index contributed by atoms with van der Waals surface area (Å²) >= 11 is -3.30. The molecule has 33 heavy (non-hydrogen) atoms. The molecule has 0 N–H and O–H groups in total. The lowest BCUT2D eigenvalue weighted by atomic mass is 10.1. The summed E-state index contributed by atoms with van der Waals surface area (Å²) in [6, 6.07) is 3.68. The zero-order valence-corrected chi connectivity index (χ0v) is 17.4. The number of nitrogens with zero attached hydrogens (tertiary/aromatic N) is 5. The SMILES string of the molecule is O=S([O-])c1cc(-c2cc(C(F)(F)F)ccn2)cnc1-c1cn2cnc(SC(F)(F)F)cc2n1. The number of pyridine rings is 2. The first kappa shape index (κ1) is 23.1. The van der Waals surface area contributed by atoms with Gasteiger partial charge in [-0.1, -0.05) is 0 Å². The molecule has 0 aliphatic carbocycles. The Labute approximate surface area is 187 Å². The minimum atomic E-state index is -4.62. The molecule has 7 nitrogen and oxygen atoms in total. The minimum absolute atomic E-state index is 0.00806. The second kappa shape index (κ2) is 8.39. The van der Waals surface area contributed by atoms with Crippen LogP contribution in [-0.2, 0) is 17.3 Å². The predicted molar refractivity (Wildman–Crippen MR) is 104 cm³/mol. The molecule has 1 atom stereocenters. The minimum Gasteiger partial charge on any atom is -0.768 e. The third-order valence-electron chi connectivity index (χ3n) is 4.20. The molecule has 0 bridgehead atoms. The van der Waals surface area contributed by atoms with Gasteiger partial charge in [-0.05, 0) is 29.3 Å². The van der Waals surface area contributed by atoms with E-state index in [2.05, 4.69) is 19.9 Å². The molecule has 0 aliphatic rings. The van der Waals surface area contributed by atoms with Gasteiger partial charge in [0.15, 0.2) is 0 Å². The van der Waals surface area contributed by atoms with Crippen LogP contribution in [0.4, 0.5) is 26.3 Å². The number of thioether (sulfide) groups is 1. The molecular weight excluding hydrogens is 496 g/mol. The maximum absolute atomic E-state index is 13.0. The fourth-order valence-electron chi connectivity index (χ4n) is 2.83. The lowest BCUT2D eigenvalue weighted by Gasteiger charge is -2.12. The summed E-state index contributed by atoms with van der Waals surface area (Å²) in [6.45, 7) is 0. The van der Waals surface area contributed by atoms with Gasteiger partial charge in [-0.3, -0.25) is 18.6 Å². The number of rotatable bonds is 4. The van der Waals surface area contributed by atoms with Crippen LogP contribution < -0.4 is 0 Å². The van der Waals surface area contributed by atoms with Gasteiger partial charge < -0.3 is 4.55 Å². The van der Waals surface area contributed by atoms with E-state index < -0.39 is 40.1 Å². The third-order valence-corrected chi connectivity index (χ3v) is 5.54. The van der Waals surface area contributed by atoms with Crippen molar-refractivity contribution in [1.82, 2.24) is 24.3 Å². The highest BCUT2D eigenvalue weighted by Gasteiger charge is 2.31. The zero-order valence-electron chi connectivity index (χ0n) is 15.8. The van der Waals surface area contributed by atoms with E-state index in [1.807, 2.05) is 0 Å². The van der Waals surface area contributed by atoms with E-state index in [0.29, 0.717) is 0 Å². The first-order chi connectivity index (χ1) is 15.4. The molecule has 0 spiro atoms. The molecule has 0 saturated heterocycles. The van der Waals surface area contributed by atoms with Crippen molar-refractivity contribution in [1.29, 1.82) is 0 Å². The Morgan fingerprint density at radius 1 is 1.00 bits per heavy atom. The van der Waals surface area contributed by atoms with Gasteiger partial charge in [-0.25, -0.2) is 9.97 Å². The number of halogens is 6. The largest absolute Gasteiger partial charge is 0.768 e. The van der Waals surface area contributed by atoms with Crippen LogP contribution in [0, 0.1) is 0 Å². The van der Waals surface area contributed by atoms with Crippen LogP contribution >= 0.6 is 11.8 Å². The van der Waals surface area contributed by atoms with Crippen LogP contribution in [0.1, 0.15) is 5.56 Å². The molecule has 0 aliphatic heterocycles. The van der Waals surface area contributed by atoms with E-state index in [9.17, 15) is 35.1 Å². The zero-order chi connectivity index (χ0) is 24.0. The average Bonchev–Trinajstić information content (AvgIpc) is 3.15. The maximum atomic E-state index is 13.0. The summed E-state index contributed by atoms with van der Waals surface area (Å²) in [5, 5.41) is -0.362. The fraction of sp³-hybridized carbons (Fsp3) is 0.111. The average molecular weight is 504 g/mol. The van der Waals surface area contributed by atoms with Crippen molar-refractivity contribution in [3.63, 3.8) is 0 Å². The summed E-state index contributed by atoms with van der Waals surface area (Å²) in [5.41, 5.74) is -5.74. The highest BCUT2D eigenvalue weighted by Crippen LogP contribution is 2.36. The van der Waals surface area contributed by atoms with Gasteiger partial charge >= 0.3 is 11.7 Å².